The SMILES string of the molecule is CC1Oc2ccc(-c3ccc(Cn4cnn(C/C(=C/F)CN)c4=O)s3)cc2NC1=O.Cl. The van der Waals surface area contributed by atoms with Crippen molar-refractivity contribution in [1.82, 2.24) is 14.3 Å². The van der Waals surface area contributed by atoms with Crippen molar-refractivity contribution < 1.29 is 13.9 Å². The van der Waals surface area contributed by atoms with Crippen LogP contribution in [0.25, 0.3) is 10.4 Å². The smallest absolute Gasteiger partial charge is 0.346 e. The molecule has 31 heavy (non-hydrogen) atoms. The number of halogens is 2. The van der Waals surface area contributed by atoms with Crippen LogP contribution in [0.5, 0.6) is 5.75 Å². The quantitative estimate of drug-likeness (QED) is 0.582. The lowest BCUT2D eigenvalue weighted by Crippen LogP contribution is -2.34. The molecule has 0 aliphatic carbocycles. The predicted octanol–water partition coefficient (Wildman–Crippen LogP) is 2.77. The fourth-order valence-electron chi connectivity index (χ4n) is 3.07. The van der Waals surface area contributed by atoms with Crippen LogP contribution in [-0.2, 0) is 17.9 Å². The normalized spacial score (nSPS) is 15.6. The van der Waals surface area contributed by atoms with E-state index in [1.165, 1.54) is 26.9 Å². The van der Waals surface area contributed by atoms with Crippen LogP contribution in [0.4, 0.5) is 10.1 Å². The van der Waals surface area contributed by atoms with Gasteiger partial charge >= 0.3 is 5.69 Å². The molecule has 1 aliphatic rings. The third-order valence-electron chi connectivity index (χ3n) is 4.75. The lowest BCUT2D eigenvalue weighted by Gasteiger charge is -2.23. The van der Waals surface area contributed by atoms with Gasteiger partial charge in [-0.3, -0.25) is 9.36 Å². The minimum absolute atomic E-state index is 0. The molecule has 11 heteroatoms. The molecule has 0 fully saturated rings. The number of benzene rings is 1. The highest BCUT2D eigenvalue weighted by Gasteiger charge is 2.23. The Bertz CT molecular complexity index is 1190. The van der Waals surface area contributed by atoms with Crippen LogP contribution < -0.4 is 21.5 Å². The van der Waals surface area contributed by atoms with E-state index in [2.05, 4.69) is 10.4 Å². The van der Waals surface area contributed by atoms with Gasteiger partial charge < -0.3 is 15.8 Å². The van der Waals surface area contributed by atoms with Crippen molar-refractivity contribution in [3.63, 3.8) is 0 Å². The van der Waals surface area contributed by atoms with Crippen LogP contribution in [-0.4, -0.2) is 32.9 Å². The van der Waals surface area contributed by atoms with Gasteiger partial charge in [-0.1, -0.05) is 0 Å². The zero-order chi connectivity index (χ0) is 21.3. The molecule has 8 nitrogen and oxygen atoms in total. The number of hydrogen-bond donors (Lipinski definition) is 2. The first-order chi connectivity index (χ1) is 14.5. The lowest BCUT2D eigenvalue weighted by atomic mass is 10.1. The number of amides is 1. The van der Waals surface area contributed by atoms with Gasteiger partial charge in [0, 0.05) is 16.3 Å². The molecule has 1 atom stereocenters. The van der Waals surface area contributed by atoms with Gasteiger partial charge in [-0.2, -0.15) is 5.10 Å². The summed E-state index contributed by atoms with van der Waals surface area (Å²) in [6, 6.07) is 9.54. The molecule has 0 bridgehead atoms. The Morgan fingerprint density at radius 3 is 2.90 bits per heavy atom. The largest absolute Gasteiger partial charge is 0.479 e. The van der Waals surface area contributed by atoms with E-state index >= 15 is 0 Å². The summed E-state index contributed by atoms with van der Waals surface area (Å²) in [5.41, 5.74) is 6.97. The number of anilines is 1. The first kappa shape index (κ1) is 22.7. The average Bonchev–Trinajstić information content (AvgIpc) is 3.34. The van der Waals surface area contributed by atoms with Crippen LogP contribution in [0.1, 0.15) is 11.8 Å². The molecule has 4 rings (SSSR count). The second kappa shape index (κ2) is 9.46. The van der Waals surface area contributed by atoms with Crippen LogP contribution >= 0.6 is 23.7 Å². The molecule has 3 N–H and O–H groups in total. The summed E-state index contributed by atoms with van der Waals surface area (Å²) < 4.78 is 20.9. The fraction of sp³-hybridized carbons (Fsp3) is 0.250. The van der Waals surface area contributed by atoms with E-state index in [1.54, 1.807) is 6.92 Å². The van der Waals surface area contributed by atoms with Gasteiger partial charge in [-0.05, 0) is 48.4 Å². The molecule has 1 unspecified atom stereocenters. The van der Waals surface area contributed by atoms with Crippen LogP contribution in [0.2, 0.25) is 0 Å². The maximum absolute atomic E-state index is 12.7. The highest BCUT2D eigenvalue weighted by Crippen LogP contribution is 2.36. The minimum atomic E-state index is -0.516. The van der Waals surface area contributed by atoms with Crippen molar-refractivity contribution in [3.8, 4) is 16.2 Å². The Morgan fingerprint density at radius 2 is 2.16 bits per heavy atom. The summed E-state index contributed by atoms with van der Waals surface area (Å²) in [5, 5.41) is 6.87. The number of carbonyl (C=O) groups excluding carboxylic acids is 1. The second-order valence-corrected chi connectivity index (χ2v) is 8.07. The fourth-order valence-corrected chi connectivity index (χ4v) is 4.08. The van der Waals surface area contributed by atoms with E-state index in [9.17, 15) is 14.0 Å². The number of nitrogens with two attached hydrogens (primary N) is 1. The number of carbonyl (C=O) groups is 1. The van der Waals surface area contributed by atoms with Crippen LogP contribution in [0, 0.1) is 0 Å². The average molecular weight is 466 g/mol. The number of nitrogens with one attached hydrogen (secondary N) is 1. The van der Waals surface area contributed by atoms with Gasteiger partial charge in [0.05, 0.1) is 25.1 Å². The monoisotopic (exact) mass is 465 g/mol. The first-order valence-electron chi connectivity index (χ1n) is 9.29. The molecular formula is C20H21ClFN5O3S. The summed E-state index contributed by atoms with van der Waals surface area (Å²) in [6.45, 7) is 2.10. The molecule has 2 aromatic heterocycles. The number of thiophene rings is 1. The third-order valence-corrected chi connectivity index (χ3v) is 5.87. The Kier molecular flexibility index (Phi) is 6.94. The van der Waals surface area contributed by atoms with Gasteiger partial charge in [-0.15, -0.1) is 23.7 Å². The summed E-state index contributed by atoms with van der Waals surface area (Å²) in [6.07, 6.45) is 1.32. The van der Waals surface area contributed by atoms with Gasteiger partial charge in [0.2, 0.25) is 0 Å². The third kappa shape index (κ3) is 4.71. The molecule has 0 radical (unpaired) electrons. The van der Waals surface area contributed by atoms with E-state index in [-0.39, 0.29) is 37.1 Å². The van der Waals surface area contributed by atoms with Crippen molar-refractivity contribution in [3.05, 3.63) is 63.9 Å². The molecule has 164 valence electrons. The molecule has 3 heterocycles. The topological polar surface area (TPSA) is 104 Å². The highest BCUT2D eigenvalue weighted by atomic mass is 35.5. The molecular weight excluding hydrogens is 445 g/mol. The van der Waals surface area contributed by atoms with Crippen molar-refractivity contribution >= 4 is 35.3 Å². The number of nitrogens with zero attached hydrogens (tertiary/aromatic N) is 3. The van der Waals surface area contributed by atoms with Gasteiger partial charge in [0.1, 0.15) is 12.1 Å². The Labute approximate surface area is 187 Å². The van der Waals surface area contributed by atoms with Crippen molar-refractivity contribution in [1.29, 1.82) is 0 Å². The molecule has 0 saturated heterocycles. The molecule has 1 aliphatic heterocycles. The summed E-state index contributed by atoms with van der Waals surface area (Å²) in [4.78, 5) is 26.3. The van der Waals surface area contributed by atoms with E-state index in [0.717, 1.165) is 15.3 Å². The molecule has 3 aromatic rings. The summed E-state index contributed by atoms with van der Waals surface area (Å²) in [7, 11) is 0. The Hall–Kier alpha value is -2.95. The highest BCUT2D eigenvalue weighted by molar-refractivity contribution is 7.15. The Morgan fingerprint density at radius 1 is 1.35 bits per heavy atom. The zero-order valence-electron chi connectivity index (χ0n) is 16.6. The number of rotatable bonds is 6. The second-order valence-electron chi connectivity index (χ2n) is 6.90. The number of ether oxygens (including phenoxy) is 1. The predicted molar refractivity (Wildman–Crippen MR) is 120 cm³/mol. The molecule has 0 spiro atoms. The van der Waals surface area contributed by atoms with Crippen molar-refractivity contribution in [2.24, 2.45) is 5.73 Å². The van der Waals surface area contributed by atoms with Gasteiger partial charge in [0.15, 0.2) is 6.10 Å². The lowest BCUT2D eigenvalue weighted by molar-refractivity contribution is -0.122. The Balaban J connectivity index is 0.00000272. The van der Waals surface area contributed by atoms with Crippen molar-refractivity contribution in [2.75, 3.05) is 11.9 Å². The number of fused-ring (bicyclic) bond motifs is 1. The molecule has 1 aromatic carbocycles. The maximum atomic E-state index is 12.7. The van der Waals surface area contributed by atoms with E-state index in [1.807, 2.05) is 30.3 Å². The van der Waals surface area contributed by atoms with Crippen molar-refractivity contribution in [2.45, 2.75) is 26.1 Å². The zero-order valence-corrected chi connectivity index (χ0v) is 18.2. The molecule has 1 amide bonds. The number of aromatic nitrogens is 3. The number of hydrogen-bond acceptors (Lipinski definition) is 6. The summed E-state index contributed by atoms with van der Waals surface area (Å²) in [5.74, 6) is 0.462. The summed E-state index contributed by atoms with van der Waals surface area (Å²) >= 11 is 1.53. The van der Waals surface area contributed by atoms with E-state index in [4.69, 9.17) is 10.5 Å². The van der Waals surface area contributed by atoms with Crippen LogP contribution in [0.15, 0.2) is 53.4 Å². The minimum Gasteiger partial charge on any atom is -0.479 e. The van der Waals surface area contributed by atoms with Gasteiger partial charge in [-0.25, -0.2) is 13.9 Å². The van der Waals surface area contributed by atoms with E-state index < -0.39 is 6.10 Å². The molecule has 0 saturated carbocycles. The standard InChI is InChI=1S/C20H20FN5O3S.ClH/c1-12-19(27)24-16-6-14(2-4-17(16)29-12)18-5-3-15(30-18)10-25-11-23-26(20(25)28)9-13(7-21)8-22;/h2-7,11-12H,8-10,22H2,1H3,(H,24,27);1H/b13-7+;. The first-order valence-corrected chi connectivity index (χ1v) is 10.1. The van der Waals surface area contributed by atoms with Crippen LogP contribution in [0.3, 0.4) is 0 Å². The maximum Gasteiger partial charge on any atom is 0.346 e. The van der Waals surface area contributed by atoms with Gasteiger partial charge in [0.25, 0.3) is 5.91 Å². The van der Waals surface area contributed by atoms with E-state index in [0.29, 0.717) is 29.9 Å².